The second-order valence-corrected chi connectivity index (χ2v) is 5.87. The number of methoxy groups -OCH3 is 3. The number of nitrogens with one attached hydrogen (secondary N) is 2. The Morgan fingerprint density at radius 1 is 0.923 bits per heavy atom. The first-order valence-electron chi connectivity index (χ1n) is 8.43. The summed E-state index contributed by atoms with van der Waals surface area (Å²) in [7, 11) is 4.77. The standard InChI is InChI=1S/C20H26N2O4/c1-14-6-5-7-15(10-14)13-22-20(23)21-9-8-16-11-18(25-3)19(26-4)12-17(16)24-2/h5-7,10-12H,8-9,13H2,1-4H3,(H2,21,22,23). The molecule has 0 bridgehead atoms. The molecule has 0 heterocycles. The molecule has 2 N–H and O–H groups in total. The van der Waals surface area contributed by atoms with E-state index in [1.54, 1.807) is 27.4 Å². The first-order valence-corrected chi connectivity index (χ1v) is 8.43. The van der Waals surface area contributed by atoms with Gasteiger partial charge in [-0.15, -0.1) is 0 Å². The van der Waals surface area contributed by atoms with E-state index in [4.69, 9.17) is 14.2 Å². The van der Waals surface area contributed by atoms with Crippen LogP contribution in [0.15, 0.2) is 36.4 Å². The predicted octanol–water partition coefficient (Wildman–Crippen LogP) is 3.06. The van der Waals surface area contributed by atoms with Gasteiger partial charge in [0.25, 0.3) is 0 Å². The first kappa shape index (κ1) is 19.4. The third-order valence-corrected chi connectivity index (χ3v) is 4.00. The fraction of sp³-hybridized carbons (Fsp3) is 0.350. The number of hydrogen-bond donors (Lipinski definition) is 2. The van der Waals surface area contributed by atoms with E-state index in [0.29, 0.717) is 36.8 Å². The van der Waals surface area contributed by atoms with Crippen LogP contribution >= 0.6 is 0 Å². The van der Waals surface area contributed by atoms with Gasteiger partial charge in [-0.3, -0.25) is 0 Å². The lowest BCUT2D eigenvalue weighted by Crippen LogP contribution is -2.36. The van der Waals surface area contributed by atoms with Crippen molar-refractivity contribution < 1.29 is 19.0 Å². The molecular formula is C20H26N2O4. The number of hydrogen-bond acceptors (Lipinski definition) is 4. The van der Waals surface area contributed by atoms with Gasteiger partial charge in [0.15, 0.2) is 11.5 Å². The average molecular weight is 358 g/mol. The summed E-state index contributed by atoms with van der Waals surface area (Å²) in [6.45, 7) is 3.00. The van der Waals surface area contributed by atoms with Crippen LogP contribution in [-0.4, -0.2) is 33.9 Å². The minimum atomic E-state index is -0.203. The lowest BCUT2D eigenvalue weighted by molar-refractivity contribution is 0.240. The molecule has 0 atom stereocenters. The molecule has 0 saturated carbocycles. The van der Waals surface area contributed by atoms with Gasteiger partial charge in [-0.25, -0.2) is 4.79 Å². The topological polar surface area (TPSA) is 68.8 Å². The number of aryl methyl sites for hydroxylation is 1. The summed E-state index contributed by atoms with van der Waals surface area (Å²) in [6, 6.07) is 11.5. The van der Waals surface area contributed by atoms with E-state index in [0.717, 1.165) is 11.1 Å². The normalized spacial score (nSPS) is 10.2. The van der Waals surface area contributed by atoms with E-state index < -0.39 is 0 Å². The molecule has 0 aromatic heterocycles. The van der Waals surface area contributed by atoms with Crippen LogP contribution in [0.3, 0.4) is 0 Å². The van der Waals surface area contributed by atoms with Crippen LogP contribution in [0.5, 0.6) is 17.2 Å². The zero-order chi connectivity index (χ0) is 18.9. The van der Waals surface area contributed by atoms with Gasteiger partial charge in [0.2, 0.25) is 0 Å². The molecule has 2 aromatic rings. The van der Waals surface area contributed by atoms with Crippen molar-refractivity contribution in [3.05, 3.63) is 53.1 Å². The predicted molar refractivity (Wildman–Crippen MR) is 101 cm³/mol. The Balaban J connectivity index is 1.87. The molecule has 2 aromatic carbocycles. The molecule has 0 radical (unpaired) electrons. The fourth-order valence-corrected chi connectivity index (χ4v) is 2.67. The number of carbonyl (C=O) groups excluding carboxylic acids is 1. The van der Waals surface area contributed by atoms with Crippen LogP contribution in [0.25, 0.3) is 0 Å². The van der Waals surface area contributed by atoms with E-state index in [-0.39, 0.29) is 6.03 Å². The van der Waals surface area contributed by atoms with Crippen molar-refractivity contribution in [2.24, 2.45) is 0 Å². The molecule has 0 unspecified atom stereocenters. The smallest absolute Gasteiger partial charge is 0.315 e. The Hall–Kier alpha value is -2.89. The highest BCUT2D eigenvalue weighted by molar-refractivity contribution is 5.73. The highest BCUT2D eigenvalue weighted by atomic mass is 16.5. The molecule has 6 heteroatoms. The maximum absolute atomic E-state index is 12.0. The van der Waals surface area contributed by atoms with Gasteiger partial charge in [-0.05, 0) is 30.5 Å². The highest BCUT2D eigenvalue weighted by Gasteiger charge is 2.12. The fourth-order valence-electron chi connectivity index (χ4n) is 2.67. The van der Waals surface area contributed by atoms with E-state index in [1.165, 1.54) is 5.56 Å². The molecule has 0 saturated heterocycles. The minimum Gasteiger partial charge on any atom is -0.496 e. The summed E-state index contributed by atoms with van der Waals surface area (Å²) in [6.07, 6.45) is 0.612. The molecule has 0 aliphatic carbocycles. The van der Waals surface area contributed by atoms with Crippen LogP contribution in [0.2, 0.25) is 0 Å². The molecule has 2 rings (SSSR count). The lowest BCUT2D eigenvalue weighted by atomic mass is 10.1. The van der Waals surface area contributed by atoms with E-state index in [2.05, 4.69) is 16.7 Å². The zero-order valence-electron chi connectivity index (χ0n) is 15.7. The molecule has 6 nitrogen and oxygen atoms in total. The Bertz CT molecular complexity index is 747. The van der Waals surface area contributed by atoms with Gasteiger partial charge in [-0.2, -0.15) is 0 Å². The molecule has 0 aliphatic heterocycles. The van der Waals surface area contributed by atoms with Crippen LogP contribution in [0.4, 0.5) is 4.79 Å². The maximum Gasteiger partial charge on any atom is 0.315 e. The third-order valence-electron chi connectivity index (χ3n) is 4.00. The number of amides is 2. The summed E-state index contributed by atoms with van der Waals surface area (Å²) in [4.78, 5) is 12.0. The third kappa shape index (κ3) is 5.31. The van der Waals surface area contributed by atoms with E-state index in [1.807, 2.05) is 31.2 Å². The van der Waals surface area contributed by atoms with E-state index in [9.17, 15) is 4.79 Å². The van der Waals surface area contributed by atoms with Crippen molar-refractivity contribution in [3.63, 3.8) is 0 Å². The Morgan fingerprint density at radius 3 is 2.27 bits per heavy atom. The van der Waals surface area contributed by atoms with Gasteiger partial charge in [0.1, 0.15) is 5.75 Å². The number of rotatable bonds is 8. The quantitative estimate of drug-likeness (QED) is 0.761. The Morgan fingerprint density at radius 2 is 1.62 bits per heavy atom. The second kappa shape index (κ2) is 9.56. The van der Waals surface area contributed by atoms with Crippen molar-refractivity contribution >= 4 is 6.03 Å². The van der Waals surface area contributed by atoms with Gasteiger partial charge in [0.05, 0.1) is 21.3 Å². The molecular weight excluding hydrogens is 332 g/mol. The van der Waals surface area contributed by atoms with Crippen LogP contribution < -0.4 is 24.8 Å². The number of benzene rings is 2. The van der Waals surface area contributed by atoms with Gasteiger partial charge >= 0.3 is 6.03 Å². The summed E-state index contributed by atoms with van der Waals surface area (Å²) in [5.74, 6) is 1.94. The summed E-state index contributed by atoms with van der Waals surface area (Å²) in [5.41, 5.74) is 3.18. The highest BCUT2D eigenvalue weighted by Crippen LogP contribution is 2.34. The van der Waals surface area contributed by atoms with Crippen molar-refractivity contribution in [1.29, 1.82) is 0 Å². The first-order chi connectivity index (χ1) is 12.6. The lowest BCUT2D eigenvalue weighted by Gasteiger charge is -2.14. The van der Waals surface area contributed by atoms with Gasteiger partial charge in [-0.1, -0.05) is 29.8 Å². The maximum atomic E-state index is 12.0. The molecule has 140 valence electrons. The SMILES string of the molecule is COc1cc(OC)c(OC)cc1CCNC(=O)NCc1cccc(C)c1. The Kier molecular flexibility index (Phi) is 7.14. The molecule has 26 heavy (non-hydrogen) atoms. The average Bonchev–Trinajstić information content (AvgIpc) is 2.66. The molecule has 0 fully saturated rings. The summed E-state index contributed by atoms with van der Waals surface area (Å²) >= 11 is 0. The molecule has 2 amide bonds. The molecule has 0 aliphatic rings. The summed E-state index contributed by atoms with van der Waals surface area (Å²) < 4.78 is 16.0. The largest absolute Gasteiger partial charge is 0.496 e. The number of ether oxygens (including phenoxy) is 3. The Labute approximate surface area is 154 Å². The van der Waals surface area contributed by atoms with Crippen molar-refractivity contribution in [2.45, 2.75) is 19.9 Å². The van der Waals surface area contributed by atoms with Crippen LogP contribution in [0.1, 0.15) is 16.7 Å². The van der Waals surface area contributed by atoms with E-state index >= 15 is 0 Å². The van der Waals surface area contributed by atoms with Crippen molar-refractivity contribution in [1.82, 2.24) is 10.6 Å². The van der Waals surface area contributed by atoms with Gasteiger partial charge < -0.3 is 24.8 Å². The van der Waals surface area contributed by atoms with Crippen molar-refractivity contribution in [3.8, 4) is 17.2 Å². The van der Waals surface area contributed by atoms with Crippen molar-refractivity contribution in [2.75, 3.05) is 27.9 Å². The molecule has 0 spiro atoms. The van der Waals surface area contributed by atoms with Crippen LogP contribution in [-0.2, 0) is 13.0 Å². The van der Waals surface area contributed by atoms with Gasteiger partial charge in [0, 0.05) is 19.2 Å². The van der Waals surface area contributed by atoms with Crippen LogP contribution in [0, 0.1) is 6.92 Å². The zero-order valence-corrected chi connectivity index (χ0v) is 15.7. The minimum absolute atomic E-state index is 0.203. The second-order valence-electron chi connectivity index (χ2n) is 5.87. The summed E-state index contributed by atoms with van der Waals surface area (Å²) in [5, 5.41) is 5.71. The monoisotopic (exact) mass is 358 g/mol. The number of carbonyl (C=O) groups is 1. The number of urea groups is 1.